The van der Waals surface area contributed by atoms with Gasteiger partial charge < -0.3 is 20.6 Å². The third-order valence-electron chi connectivity index (χ3n) is 3.69. The van der Waals surface area contributed by atoms with Crippen LogP contribution in [0.3, 0.4) is 0 Å². The zero-order valence-corrected chi connectivity index (χ0v) is 12.0. The van der Waals surface area contributed by atoms with Gasteiger partial charge in [-0.2, -0.15) is 0 Å². The quantitative estimate of drug-likeness (QED) is 0.767. The lowest BCUT2D eigenvalue weighted by Crippen LogP contribution is -2.44. The number of nitrogens with one attached hydrogen (secondary N) is 2. The molecule has 0 aliphatic carbocycles. The van der Waals surface area contributed by atoms with Crippen molar-refractivity contribution in [3.63, 3.8) is 0 Å². The molecule has 2 heterocycles. The second kappa shape index (κ2) is 5.42. The minimum atomic E-state index is -0.689. The van der Waals surface area contributed by atoms with Crippen molar-refractivity contribution in [2.75, 3.05) is 13.1 Å². The van der Waals surface area contributed by atoms with Crippen molar-refractivity contribution in [3.05, 3.63) is 46.9 Å². The molecule has 2 aliphatic rings. The van der Waals surface area contributed by atoms with E-state index in [9.17, 15) is 19.1 Å². The van der Waals surface area contributed by atoms with Crippen molar-refractivity contribution in [3.8, 4) is 0 Å². The number of carbonyl (C=O) groups is 2. The second-order valence-electron chi connectivity index (χ2n) is 5.51. The number of hydrogen-bond donors (Lipinski definition) is 3. The molecule has 0 aromatic heterocycles. The Bertz CT molecular complexity index is 672. The van der Waals surface area contributed by atoms with Crippen LogP contribution in [0.2, 0.25) is 0 Å². The number of halogens is 1. The van der Waals surface area contributed by atoms with E-state index in [4.69, 9.17) is 0 Å². The summed E-state index contributed by atoms with van der Waals surface area (Å²) in [6.45, 7) is 2.00. The van der Waals surface area contributed by atoms with Crippen LogP contribution in [-0.4, -0.2) is 41.1 Å². The summed E-state index contributed by atoms with van der Waals surface area (Å²) in [5, 5.41) is 14.7. The summed E-state index contributed by atoms with van der Waals surface area (Å²) in [6.07, 6.45) is -0.665. The smallest absolute Gasteiger partial charge is 0.319 e. The van der Waals surface area contributed by atoms with Gasteiger partial charge in [0, 0.05) is 6.54 Å². The number of aliphatic hydroxyl groups excluding tert-OH is 1. The number of nitrogens with zero attached hydrogens (tertiary/aromatic N) is 1. The molecular weight excluding hydrogens is 289 g/mol. The highest BCUT2D eigenvalue weighted by molar-refractivity contribution is 6.01. The highest BCUT2D eigenvalue weighted by Gasteiger charge is 2.40. The summed E-state index contributed by atoms with van der Waals surface area (Å²) in [5.74, 6) is -0.698. The van der Waals surface area contributed by atoms with E-state index < -0.39 is 24.0 Å². The highest BCUT2D eigenvalue weighted by Crippen LogP contribution is 2.32. The van der Waals surface area contributed by atoms with Gasteiger partial charge in [-0.1, -0.05) is 12.1 Å². The van der Waals surface area contributed by atoms with Crippen LogP contribution >= 0.6 is 0 Å². The first-order valence-electron chi connectivity index (χ1n) is 6.99. The Labute approximate surface area is 126 Å². The third-order valence-corrected chi connectivity index (χ3v) is 3.69. The molecule has 7 heteroatoms. The van der Waals surface area contributed by atoms with Crippen molar-refractivity contribution >= 4 is 11.9 Å². The van der Waals surface area contributed by atoms with Gasteiger partial charge in [-0.25, -0.2) is 9.18 Å². The second-order valence-corrected chi connectivity index (χ2v) is 5.51. The van der Waals surface area contributed by atoms with E-state index in [-0.39, 0.29) is 19.0 Å². The van der Waals surface area contributed by atoms with Crippen molar-refractivity contribution in [1.82, 2.24) is 15.5 Å². The van der Waals surface area contributed by atoms with E-state index >= 15 is 0 Å². The molecule has 0 saturated heterocycles. The summed E-state index contributed by atoms with van der Waals surface area (Å²) < 4.78 is 13.4. The zero-order chi connectivity index (χ0) is 15.9. The Hall–Kier alpha value is -2.41. The van der Waals surface area contributed by atoms with Gasteiger partial charge in [-0.3, -0.25) is 4.79 Å². The Balaban J connectivity index is 1.96. The summed E-state index contributed by atoms with van der Waals surface area (Å²) in [7, 11) is 0. The van der Waals surface area contributed by atoms with Crippen molar-refractivity contribution < 1.29 is 19.1 Å². The van der Waals surface area contributed by atoms with Crippen LogP contribution in [0.15, 0.2) is 35.5 Å². The number of amides is 3. The standard InChI is InChI=1S/C15H16FN3O3/c1-8(20)6-19-7-11-12(14(19)21)13(18-15(22)17-11)9-3-2-4-10(16)5-9/h2-5,8,13,20H,6-7H2,1H3,(H2,17,18,22)/t8-,13+/m1/s1. The van der Waals surface area contributed by atoms with Gasteiger partial charge in [0.25, 0.3) is 5.91 Å². The Kier molecular flexibility index (Phi) is 3.58. The molecule has 2 aliphatic heterocycles. The maximum Gasteiger partial charge on any atom is 0.319 e. The van der Waals surface area contributed by atoms with Crippen LogP contribution in [0.1, 0.15) is 18.5 Å². The third kappa shape index (κ3) is 2.55. The van der Waals surface area contributed by atoms with Crippen molar-refractivity contribution in [2.45, 2.75) is 19.1 Å². The molecule has 2 atom stereocenters. The molecule has 1 aromatic carbocycles. The summed E-state index contributed by atoms with van der Waals surface area (Å²) in [5.41, 5.74) is 1.41. The predicted molar refractivity (Wildman–Crippen MR) is 76.1 cm³/mol. The molecule has 0 bridgehead atoms. The molecule has 3 rings (SSSR count). The molecule has 3 N–H and O–H groups in total. The fourth-order valence-electron chi connectivity index (χ4n) is 2.83. The summed E-state index contributed by atoms with van der Waals surface area (Å²) >= 11 is 0. The summed E-state index contributed by atoms with van der Waals surface area (Å²) in [6, 6.07) is 4.68. The van der Waals surface area contributed by atoms with E-state index in [0.717, 1.165) is 0 Å². The highest BCUT2D eigenvalue weighted by atomic mass is 19.1. The SMILES string of the molecule is C[C@@H](O)CN1CC2=C(C1=O)[C@H](c1cccc(F)c1)NC(=O)N2. The maximum atomic E-state index is 13.4. The number of benzene rings is 1. The lowest BCUT2D eigenvalue weighted by molar-refractivity contribution is -0.126. The Morgan fingerprint density at radius 1 is 1.45 bits per heavy atom. The number of carbonyl (C=O) groups excluding carboxylic acids is 2. The molecule has 0 saturated carbocycles. The molecule has 1 aromatic rings. The number of rotatable bonds is 3. The van der Waals surface area contributed by atoms with Crippen LogP contribution in [0.4, 0.5) is 9.18 Å². The van der Waals surface area contributed by atoms with Gasteiger partial charge in [-0.15, -0.1) is 0 Å². The molecule has 0 unspecified atom stereocenters. The molecule has 0 fully saturated rings. The lowest BCUT2D eigenvalue weighted by Gasteiger charge is -2.25. The minimum absolute atomic E-state index is 0.178. The van der Waals surface area contributed by atoms with Crippen LogP contribution in [0.25, 0.3) is 0 Å². The molecule has 6 nitrogen and oxygen atoms in total. The Morgan fingerprint density at radius 2 is 2.23 bits per heavy atom. The average Bonchev–Trinajstić information content (AvgIpc) is 2.73. The molecule has 116 valence electrons. The fourth-order valence-corrected chi connectivity index (χ4v) is 2.83. The first-order valence-corrected chi connectivity index (χ1v) is 6.99. The first kappa shape index (κ1) is 14.5. The number of urea groups is 1. The largest absolute Gasteiger partial charge is 0.392 e. The van der Waals surface area contributed by atoms with E-state index in [1.807, 2.05) is 0 Å². The Morgan fingerprint density at radius 3 is 2.91 bits per heavy atom. The molecule has 3 amide bonds. The molecular formula is C15H16FN3O3. The fraction of sp³-hybridized carbons (Fsp3) is 0.333. The van der Waals surface area contributed by atoms with E-state index in [2.05, 4.69) is 10.6 Å². The predicted octanol–water partition coefficient (Wildman–Crippen LogP) is 0.657. The molecule has 0 radical (unpaired) electrons. The molecule has 22 heavy (non-hydrogen) atoms. The number of hydrogen-bond acceptors (Lipinski definition) is 3. The number of aliphatic hydroxyl groups is 1. The topological polar surface area (TPSA) is 81.7 Å². The van der Waals surface area contributed by atoms with Crippen LogP contribution < -0.4 is 10.6 Å². The monoisotopic (exact) mass is 305 g/mol. The van der Waals surface area contributed by atoms with E-state index in [0.29, 0.717) is 16.8 Å². The maximum absolute atomic E-state index is 13.4. The van der Waals surface area contributed by atoms with E-state index in [1.54, 1.807) is 13.0 Å². The average molecular weight is 305 g/mol. The van der Waals surface area contributed by atoms with Gasteiger partial charge in [-0.05, 0) is 24.6 Å². The number of β-amino-alcohol motifs (C(OH)–C–C–N with tert-alkyl or cyclic N) is 1. The van der Waals surface area contributed by atoms with Gasteiger partial charge in [0.15, 0.2) is 0 Å². The van der Waals surface area contributed by atoms with Crippen LogP contribution in [-0.2, 0) is 4.79 Å². The molecule has 0 spiro atoms. The summed E-state index contributed by atoms with van der Waals surface area (Å²) in [4.78, 5) is 25.8. The zero-order valence-electron chi connectivity index (χ0n) is 12.0. The van der Waals surface area contributed by atoms with E-state index in [1.165, 1.54) is 23.1 Å². The normalized spacial score (nSPS) is 22.3. The van der Waals surface area contributed by atoms with Crippen molar-refractivity contribution in [2.24, 2.45) is 0 Å². The van der Waals surface area contributed by atoms with Crippen LogP contribution in [0, 0.1) is 5.82 Å². The van der Waals surface area contributed by atoms with Crippen LogP contribution in [0.5, 0.6) is 0 Å². The lowest BCUT2D eigenvalue weighted by atomic mass is 9.96. The van der Waals surface area contributed by atoms with Gasteiger partial charge in [0.05, 0.1) is 30.0 Å². The van der Waals surface area contributed by atoms with Gasteiger partial charge in [0.1, 0.15) is 5.82 Å². The first-order chi connectivity index (χ1) is 10.5. The van der Waals surface area contributed by atoms with Gasteiger partial charge in [0.2, 0.25) is 0 Å². The minimum Gasteiger partial charge on any atom is -0.392 e. The van der Waals surface area contributed by atoms with Gasteiger partial charge >= 0.3 is 6.03 Å². The van der Waals surface area contributed by atoms with Crippen molar-refractivity contribution in [1.29, 1.82) is 0 Å².